The minimum absolute atomic E-state index is 0.0115. The van der Waals surface area contributed by atoms with Crippen molar-refractivity contribution in [3.05, 3.63) is 206 Å². The van der Waals surface area contributed by atoms with E-state index < -0.39 is 0 Å². The molecule has 0 N–H and O–H groups in total. The topological polar surface area (TPSA) is 6.48 Å². The van der Waals surface area contributed by atoms with E-state index in [1.54, 1.807) is 12.1 Å². The van der Waals surface area contributed by atoms with Crippen LogP contribution in [0.3, 0.4) is 0 Å². The molecule has 0 amide bonds. The van der Waals surface area contributed by atoms with Crippen LogP contribution in [0.1, 0.15) is 0 Å². The van der Waals surface area contributed by atoms with E-state index in [9.17, 15) is 0 Å². The van der Waals surface area contributed by atoms with Crippen molar-refractivity contribution >= 4 is 92.1 Å². The Morgan fingerprint density at radius 2 is 0.800 bits per heavy atom. The Kier molecular flexibility index (Phi) is 7.34. The minimum atomic E-state index is -0.248. The summed E-state index contributed by atoms with van der Waals surface area (Å²) in [7, 11) is 0. The molecule has 0 bridgehead atoms. The quantitative estimate of drug-likeness (QED) is 0.164. The Morgan fingerprint density at radius 3 is 1.35 bits per heavy atom. The first-order chi connectivity index (χ1) is 29.7. The molecule has 0 radical (unpaired) electrons. The molecule has 0 spiro atoms. The number of hydrogen-bond acceptors (Lipinski definition) is 3. The Bertz CT molecular complexity index is 3230. The maximum atomic E-state index is 16.5. The maximum Gasteiger partial charge on any atom is 0.252 e. The zero-order chi connectivity index (χ0) is 39.5. The fourth-order valence-electron chi connectivity index (χ4n) is 10.4. The molecule has 60 heavy (non-hydrogen) atoms. The van der Waals surface area contributed by atoms with Gasteiger partial charge in [0, 0.05) is 38.2 Å². The number of benzene rings is 9. The summed E-state index contributed by atoms with van der Waals surface area (Å²) in [6.45, 7) is -0.109. The number of fused-ring (bicyclic) bond motifs is 10. The van der Waals surface area contributed by atoms with Gasteiger partial charge in [-0.2, -0.15) is 0 Å². The standard InChI is InChI=1S/C54H33B2FN2S/c57-44-21-11-12-22-48(44)58-45-27-24-37(34-14-4-1-5-15-34)30-41(45)56-43-32-39(36-18-8-3-9-19-36)26-29-47(43)59-46-28-25-38(35-16-6-2-7-17-35)31-42(46)55-40-20-10-13-23-50(40)60-51-33-49(58)52(56)54(59)53(51)55/h1-33H. The van der Waals surface area contributed by atoms with Crippen molar-refractivity contribution in [3.63, 3.8) is 0 Å². The van der Waals surface area contributed by atoms with Gasteiger partial charge in [-0.05, 0) is 103 Å². The molecule has 9 aromatic rings. The summed E-state index contributed by atoms with van der Waals surface area (Å²) in [6.07, 6.45) is 0. The van der Waals surface area contributed by atoms with Crippen LogP contribution >= 0.6 is 11.8 Å². The summed E-state index contributed by atoms with van der Waals surface area (Å²) in [5.41, 5.74) is 20.8. The predicted octanol–water partition coefficient (Wildman–Crippen LogP) is 10.2. The molecule has 0 unspecified atom stereocenters. The summed E-state index contributed by atoms with van der Waals surface area (Å²) >= 11 is 1.84. The molecular weight excluding hydrogens is 749 g/mol. The van der Waals surface area contributed by atoms with Crippen LogP contribution in [0.4, 0.5) is 38.5 Å². The van der Waals surface area contributed by atoms with Gasteiger partial charge in [-0.15, -0.1) is 0 Å². The molecule has 13 rings (SSSR count). The van der Waals surface area contributed by atoms with Crippen LogP contribution in [0.15, 0.2) is 210 Å². The lowest BCUT2D eigenvalue weighted by molar-refractivity contribution is 0.629. The Labute approximate surface area is 353 Å². The Balaban J connectivity index is 1.17. The second-order valence-corrected chi connectivity index (χ2v) is 17.2. The molecule has 9 aromatic carbocycles. The van der Waals surface area contributed by atoms with Crippen molar-refractivity contribution in [3.8, 4) is 33.4 Å². The van der Waals surface area contributed by atoms with Crippen LogP contribution < -0.4 is 42.6 Å². The molecule has 0 fully saturated rings. The van der Waals surface area contributed by atoms with E-state index in [0.29, 0.717) is 5.69 Å². The third kappa shape index (κ3) is 4.86. The van der Waals surface area contributed by atoms with E-state index in [4.69, 9.17) is 0 Å². The molecule has 4 aliphatic heterocycles. The smallest absolute Gasteiger partial charge is 0.252 e. The van der Waals surface area contributed by atoms with Crippen LogP contribution in [0, 0.1) is 5.82 Å². The lowest BCUT2D eigenvalue weighted by atomic mass is 9.29. The van der Waals surface area contributed by atoms with Crippen molar-refractivity contribution in [2.45, 2.75) is 9.79 Å². The van der Waals surface area contributed by atoms with Gasteiger partial charge >= 0.3 is 0 Å². The number of halogens is 1. The second kappa shape index (κ2) is 13.0. The lowest BCUT2D eigenvalue weighted by Gasteiger charge is -2.49. The Hall–Kier alpha value is -7.01. The van der Waals surface area contributed by atoms with Gasteiger partial charge in [0.15, 0.2) is 0 Å². The fraction of sp³-hybridized carbons (Fsp3) is 0. The van der Waals surface area contributed by atoms with Gasteiger partial charge in [0.1, 0.15) is 5.82 Å². The van der Waals surface area contributed by atoms with Gasteiger partial charge in [0.05, 0.1) is 5.69 Å². The number of nitrogens with zero attached hydrogens (tertiary/aromatic N) is 2. The van der Waals surface area contributed by atoms with Crippen LogP contribution in [-0.4, -0.2) is 13.4 Å². The average Bonchev–Trinajstić information content (AvgIpc) is 3.31. The second-order valence-electron chi connectivity index (χ2n) is 16.1. The van der Waals surface area contributed by atoms with Crippen molar-refractivity contribution in [2.75, 3.05) is 9.80 Å². The molecule has 6 heteroatoms. The van der Waals surface area contributed by atoms with Crippen molar-refractivity contribution < 1.29 is 4.39 Å². The van der Waals surface area contributed by atoms with E-state index in [0.717, 1.165) is 22.5 Å². The molecule has 4 aliphatic rings. The molecule has 0 saturated heterocycles. The zero-order valence-electron chi connectivity index (χ0n) is 32.4. The van der Waals surface area contributed by atoms with Gasteiger partial charge in [0.2, 0.25) is 6.71 Å². The average molecular weight is 783 g/mol. The third-order valence-electron chi connectivity index (χ3n) is 13.0. The summed E-state index contributed by atoms with van der Waals surface area (Å²) in [4.78, 5) is 7.23. The van der Waals surface area contributed by atoms with E-state index in [1.807, 2.05) is 23.9 Å². The normalized spacial score (nSPS) is 13.6. The first-order valence-electron chi connectivity index (χ1n) is 20.6. The molecule has 278 valence electrons. The van der Waals surface area contributed by atoms with Gasteiger partial charge in [-0.1, -0.05) is 175 Å². The first-order valence-corrected chi connectivity index (χ1v) is 21.4. The van der Waals surface area contributed by atoms with Gasteiger partial charge in [-0.25, -0.2) is 4.39 Å². The maximum absolute atomic E-state index is 16.5. The third-order valence-corrected chi connectivity index (χ3v) is 14.1. The number of para-hydroxylation sites is 1. The SMILES string of the molecule is Fc1ccccc1N1c2ccc(-c3ccccc3)cc2B2c3cc(-c4ccccc4)ccc3N3c4ccc(-c5ccccc5)cc4B4c5ccccc5Sc5cc1c2c3c54. The minimum Gasteiger partial charge on any atom is -0.312 e. The predicted molar refractivity (Wildman–Crippen MR) is 252 cm³/mol. The Morgan fingerprint density at radius 1 is 0.333 bits per heavy atom. The number of rotatable bonds is 4. The summed E-state index contributed by atoms with van der Waals surface area (Å²) in [5, 5.41) is 0. The van der Waals surface area contributed by atoms with Crippen LogP contribution in [-0.2, 0) is 0 Å². The van der Waals surface area contributed by atoms with Gasteiger partial charge in [-0.3, -0.25) is 0 Å². The highest BCUT2D eigenvalue weighted by Crippen LogP contribution is 2.49. The summed E-state index contributed by atoms with van der Waals surface area (Å²) < 4.78 is 16.5. The molecule has 0 aliphatic carbocycles. The highest BCUT2D eigenvalue weighted by atomic mass is 32.2. The van der Waals surface area contributed by atoms with E-state index in [-0.39, 0.29) is 19.2 Å². The zero-order valence-corrected chi connectivity index (χ0v) is 33.2. The highest BCUT2D eigenvalue weighted by molar-refractivity contribution is 8.00. The van der Waals surface area contributed by atoms with Crippen molar-refractivity contribution in [1.29, 1.82) is 0 Å². The van der Waals surface area contributed by atoms with Gasteiger partial charge < -0.3 is 9.80 Å². The fourth-order valence-corrected chi connectivity index (χ4v) is 11.6. The molecule has 4 heterocycles. The lowest BCUT2D eigenvalue weighted by Crippen LogP contribution is -2.68. The monoisotopic (exact) mass is 782 g/mol. The first kappa shape index (κ1) is 33.9. The number of anilines is 6. The molecule has 0 atom stereocenters. The van der Waals surface area contributed by atoms with Crippen LogP contribution in [0.25, 0.3) is 33.4 Å². The summed E-state index contributed by atoms with van der Waals surface area (Å²) in [6, 6.07) is 71.5. The van der Waals surface area contributed by atoms with Crippen LogP contribution in [0.2, 0.25) is 0 Å². The highest BCUT2D eigenvalue weighted by Gasteiger charge is 2.50. The van der Waals surface area contributed by atoms with E-state index in [2.05, 4.69) is 186 Å². The van der Waals surface area contributed by atoms with Crippen LogP contribution in [0.5, 0.6) is 0 Å². The van der Waals surface area contributed by atoms with Crippen molar-refractivity contribution in [1.82, 2.24) is 0 Å². The summed E-state index contributed by atoms with van der Waals surface area (Å²) in [5.74, 6) is -0.248. The largest absolute Gasteiger partial charge is 0.312 e. The van der Waals surface area contributed by atoms with Crippen molar-refractivity contribution in [2.24, 2.45) is 0 Å². The number of hydrogen-bond donors (Lipinski definition) is 0. The van der Waals surface area contributed by atoms with E-state index >= 15 is 4.39 Å². The molecule has 0 saturated carbocycles. The van der Waals surface area contributed by atoms with Gasteiger partial charge in [0.25, 0.3) is 6.71 Å². The molecular formula is C54H33B2FN2S. The molecule has 2 nitrogen and oxygen atoms in total. The van der Waals surface area contributed by atoms with E-state index in [1.165, 1.54) is 81.9 Å². The molecule has 0 aromatic heterocycles.